The van der Waals surface area contributed by atoms with Gasteiger partial charge in [0.25, 0.3) is 5.56 Å². The maximum absolute atomic E-state index is 12.5. The number of carbonyl (C=O) groups is 1. The zero-order valence-corrected chi connectivity index (χ0v) is 15.2. The second kappa shape index (κ2) is 6.81. The maximum atomic E-state index is 12.5. The Hall–Kier alpha value is -2.45. The van der Waals surface area contributed by atoms with Crippen molar-refractivity contribution in [1.29, 1.82) is 0 Å². The van der Waals surface area contributed by atoms with E-state index in [0.29, 0.717) is 28.2 Å². The lowest BCUT2D eigenvalue weighted by atomic mass is 10.2. The number of hydrogen-bond donors (Lipinski definition) is 2. The van der Waals surface area contributed by atoms with Crippen LogP contribution in [-0.2, 0) is 11.3 Å². The Kier molecular flexibility index (Phi) is 4.73. The van der Waals surface area contributed by atoms with E-state index in [1.807, 2.05) is 6.92 Å². The second-order valence-corrected chi connectivity index (χ2v) is 6.37. The molecule has 25 heavy (non-hydrogen) atoms. The van der Waals surface area contributed by atoms with Gasteiger partial charge < -0.3 is 4.98 Å². The van der Waals surface area contributed by atoms with E-state index in [1.54, 1.807) is 35.9 Å². The first-order chi connectivity index (χ1) is 11.9. The average Bonchev–Trinajstić information content (AvgIpc) is 2.84. The minimum absolute atomic E-state index is 0.131. The van der Waals surface area contributed by atoms with E-state index in [9.17, 15) is 9.59 Å². The van der Waals surface area contributed by atoms with E-state index in [0.717, 1.165) is 10.4 Å². The van der Waals surface area contributed by atoms with Gasteiger partial charge in [0.05, 0.1) is 33.9 Å². The van der Waals surface area contributed by atoms with Gasteiger partial charge in [-0.3, -0.25) is 19.7 Å². The van der Waals surface area contributed by atoms with Gasteiger partial charge in [-0.2, -0.15) is 9.77 Å². The number of aromatic nitrogens is 4. The van der Waals surface area contributed by atoms with E-state index >= 15 is 0 Å². The number of fused-ring (bicyclic) bond motifs is 1. The number of para-hydroxylation sites is 1. The molecule has 2 aromatic heterocycles. The summed E-state index contributed by atoms with van der Waals surface area (Å²) in [5.41, 5.74) is 4.30. The third-order valence-corrected chi connectivity index (χ3v) is 4.72. The van der Waals surface area contributed by atoms with E-state index in [-0.39, 0.29) is 22.7 Å². The van der Waals surface area contributed by atoms with Crippen LogP contribution in [0.3, 0.4) is 0 Å². The molecule has 0 aliphatic rings. The standard InChI is InChI=1S/C16H16ClN5O2S/c1-9-14(17)10(2)21(19-9)8-7-13(23)20-22-15(24)11-5-3-4-6-12(11)18-16(22)25/h3-6H,7-8H2,1-2H3,(H,18,25)(H,20,23). The lowest BCUT2D eigenvalue weighted by Crippen LogP contribution is -2.34. The fraction of sp³-hybridized carbons (Fsp3) is 0.250. The van der Waals surface area contributed by atoms with Gasteiger partial charge in [0.15, 0.2) is 4.77 Å². The number of nitrogens with zero attached hydrogens (tertiary/aromatic N) is 3. The molecule has 7 nitrogen and oxygen atoms in total. The quantitative estimate of drug-likeness (QED) is 0.684. The number of halogens is 1. The molecular weight excluding hydrogens is 362 g/mol. The molecule has 0 bridgehead atoms. The van der Waals surface area contributed by atoms with Crippen molar-refractivity contribution in [3.63, 3.8) is 0 Å². The van der Waals surface area contributed by atoms with E-state index in [2.05, 4.69) is 15.5 Å². The Morgan fingerprint density at radius 2 is 2.08 bits per heavy atom. The monoisotopic (exact) mass is 377 g/mol. The number of amides is 1. The lowest BCUT2D eigenvalue weighted by molar-refractivity contribution is -0.117. The number of H-pyrrole nitrogens is 1. The predicted molar refractivity (Wildman–Crippen MR) is 99.1 cm³/mol. The molecule has 0 unspecified atom stereocenters. The number of aromatic amines is 1. The molecule has 0 radical (unpaired) electrons. The van der Waals surface area contributed by atoms with Gasteiger partial charge in [0.2, 0.25) is 5.91 Å². The van der Waals surface area contributed by atoms with E-state index < -0.39 is 0 Å². The first-order valence-corrected chi connectivity index (χ1v) is 8.40. The molecule has 0 atom stereocenters. The van der Waals surface area contributed by atoms with Gasteiger partial charge in [-0.1, -0.05) is 23.7 Å². The molecule has 0 saturated carbocycles. The van der Waals surface area contributed by atoms with E-state index in [4.69, 9.17) is 23.8 Å². The van der Waals surface area contributed by atoms with Crippen molar-refractivity contribution in [3.05, 3.63) is 55.8 Å². The zero-order valence-electron chi connectivity index (χ0n) is 13.7. The second-order valence-electron chi connectivity index (χ2n) is 5.61. The molecule has 130 valence electrons. The number of aryl methyl sites for hydroxylation is 2. The van der Waals surface area contributed by atoms with Crippen molar-refractivity contribution < 1.29 is 4.79 Å². The van der Waals surface area contributed by atoms with Gasteiger partial charge in [-0.05, 0) is 38.2 Å². The van der Waals surface area contributed by atoms with Crippen LogP contribution >= 0.6 is 23.8 Å². The predicted octanol–water partition coefficient (Wildman–Crippen LogP) is 2.69. The number of hydrogen-bond acceptors (Lipinski definition) is 4. The molecule has 1 aromatic carbocycles. The van der Waals surface area contributed by atoms with Gasteiger partial charge in [0.1, 0.15) is 0 Å². The fourth-order valence-electron chi connectivity index (χ4n) is 2.54. The number of rotatable bonds is 4. The molecule has 0 spiro atoms. The van der Waals surface area contributed by atoms with Crippen molar-refractivity contribution in [2.75, 3.05) is 5.43 Å². The summed E-state index contributed by atoms with van der Waals surface area (Å²) in [4.78, 5) is 27.6. The molecule has 2 N–H and O–H groups in total. The van der Waals surface area contributed by atoms with Crippen LogP contribution in [-0.4, -0.2) is 25.3 Å². The Morgan fingerprint density at radius 3 is 2.76 bits per heavy atom. The van der Waals surface area contributed by atoms with Crippen LogP contribution in [0.1, 0.15) is 17.8 Å². The summed E-state index contributed by atoms with van der Waals surface area (Å²) in [5.74, 6) is -0.347. The van der Waals surface area contributed by atoms with Gasteiger partial charge in [0, 0.05) is 6.42 Å². The van der Waals surface area contributed by atoms with Crippen LogP contribution in [0.15, 0.2) is 29.1 Å². The molecule has 0 fully saturated rings. The van der Waals surface area contributed by atoms with Gasteiger partial charge in [-0.25, -0.2) is 0 Å². The summed E-state index contributed by atoms with van der Waals surface area (Å²) >= 11 is 11.3. The van der Waals surface area contributed by atoms with Crippen LogP contribution in [0.5, 0.6) is 0 Å². The molecule has 3 aromatic rings. The molecular formula is C16H16ClN5O2S. The molecule has 0 saturated heterocycles. The molecule has 9 heteroatoms. The third kappa shape index (κ3) is 3.35. The molecule has 0 aliphatic heterocycles. The van der Waals surface area contributed by atoms with Crippen LogP contribution < -0.4 is 11.0 Å². The Labute approximate surface area is 153 Å². The smallest absolute Gasteiger partial charge is 0.281 e. The fourth-order valence-corrected chi connectivity index (χ4v) is 2.92. The SMILES string of the molecule is Cc1nn(CCC(=O)Nn2c(=S)[nH]c3ccccc3c2=O)c(C)c1Cl. The van der Waals surface area contributed by atoms with Crippen LogP contribution in [0.25, 0.3) is 10.9 Å². The van der Waals surface area contributed by atoms with Crippen LogP contribution in [0.2, 0.25) is 5.02 Å². The van der Waals surface area contributed by atoms with Crippen molar-refractivity contribution in [2.45, 2.75) is 26.8 Å². The summed E-state index contributed by atoms with van der Waals surface area (Å²) in [6.07, 6.45) is 0.131. The van der Waals surface area contributed by atoms with Crippen molar-refractivity contribution >= 4 is 40.6 Å². The van der Waals surface area contributed by atoms with Gasteiger partial charge in [-0.15, -0.1) is 0 Å². The van der Waals surface area contributed by atoms with Crippen molar-refractivity contribution in [2.24, 2.45) is 0 Å². The molecule has 0 aliphatic carbocycles. The van der Waals surface area contributed by atoms with Crippen LogP contribution in [0.4, 0.5) is 0 Å². The van der Waals surface area contributed by atoms with Crippen molar-refractivity contribution in [3.8, 4) is 0 Å². The summed E-state index contributed by atoms with van der Waals surface area (Å²) < 4.78 is 2.85. The van der Waals surface area contributed by atoms with Gasteiger partial charge >= 0.3 is 0 Å². The topological polar surface area (TPSA) is 84.7 Å². The Balaban J connectivity index is 1.79. The molecule has 1 amide bonds. The largest absolute Gasteiger partial charge is 0.330 e. The lowest BCUT2D eigenvalue weighted by Gasteiger charge is -2.10. The highest BCUT2D eigenvalue weighted by molar-refractivity contribution is 7.71. The highest BCUT2D eigenvalue weighted by Gasteiger charge is 2.12. The summed E-state index contributed by atoms with van der Waals surface area (Å²) in [6.45, 7) is 3.99. The minimum Gasteiger partial charge on any atom is -0.330 e. The Bertz CT molecular complexity index is 1080. The highest BCUT2D eigenvalue weighted by Crippen LogP contribution is 2.18. The number of benzene rings is 1. The van der Waals surface area contributed by atoms with Crippen molar-refractivity contribution in [1.82, 2.24) is 19.4 Å². The normalized spacial score (nSPS) is 11.0. The third-order valence-electron chi connectivity index (χ3n) is 3.89. The average molecular weight is 378 g/mol. The number of nitrogens with one attached hydrogen (secondary N) is 2. The summed E-state index contributed by atoms with van der Waals surface area (Å²) in [7, 11) is 0. The number of carbonyl (C=O) groups excluding carboxylic acids is 1. The zero-order chi connectivity index (χ0) is 18.1. The maximum Gasteiger partial charge on any atom is 0.281 e. The van der Waals surface area contributed by atoms with E-state index in [1.165, 1.54) is 0 Å². The Morgan fingerprint density at radius 1 is 1.36 bits per heavy atom. The molecule has 2 heterocycles. The first-order valence-electron chi connectivity index (χ1n) is 7.62. The summed E-state index contributed by atoms with van der Waals surface area (Å²) in [5, 5.41) is 5.31. The minimum atomic E-state index is -0.373. The molecule has 3 rings (SSSR count). The van der Waals surface area contributed by atoms with Crippen LogP contribution in [0, 0.1) is 18.6 Å². The highest BCUT2D eigenvalue weighted by atomic mass is 35.5. The summed E-state index contributed by atoms with van der Waals surface area (Å²) in [6, 6.07) is 6.98. The first kappa shape index (κ1) is 17.4.